The zero-order valence-electron chi connectivity index (χ0n) is 17.5. The molecule has 3 rings (SSSR count). The molecule has 29 heavy (non-hydrogen) atoms. The van der Waals surface area contributed by atoms with Crippen molar-refractivity contribution < 1.29 is 14.4 Å². The molecule has 1 fully saturated rings. The molecular weight excluding hydrogens is 370 g/mol. The molecule has 0 spiro atoms. The minimum atomic E-state index is -0.122. The van der Waals surface area contributed by atoms with E-state index >= 15 is 0 Å². The molecule has 3 heterocycles. The lowest BCUT2D eigenvalue weighted by Gasteiger charge is -2.32. The van der Waals surface area contributed by atoms with Crippen molar-refractivity contribution in [2.45, 2.75) is 40.0 Å². The number of nitrogens with zero attached hydrogens (tertiary/aromatic N) is 3. The fraction of sp³-hybridized carbons (Fsp3) is 0.524. The predicted molar refractivity (Wildman–Crippen MR) is 109 cm³/mol. The van der Waals surface area contributed by atoms with E-state index in [0.29, 0.717) is 48.8 Å². The van der Waals surface area contributed by atoms with E-state index in [0.717, 1.165) is 24.1 Å². The number of aromatic nitrogens is 3. The first-order valence-corrected chi connectivity index (χ1v) is 10.1. The SMILES string of the molecule is CCc1c(C(=O)N2CCC(CNC(=O)c3cnn(C)c3)CC2)[nH]c(C)c1C(C)=O. The van der Waals surface area contributed by atoms with Crippen LogP contribution in [0.1, 0.15) is 69.2 Å². The van der Waals surface area contributed by atoms with E-state index in [-0.39, 0.29) is 17.6 Å². The van der Waals surface area contributed by atoms with Crippen molar-refractivity contribution in [3.8, 4) is 0 Å². The van der Waals surface area contributed by atoms with Gasteiger partial charge in [-0.2, -0.15) is 5.10 Å². The van der Waals surface area contributed by atoms with Gasteiger partial charge in [0.2, 0.25) is 0 Å². The molecule has 0 saturated carbocycles. The fourth-order valence-corrected chi connectivity index (χ4v) is 4.07. The van der Waals surface area contributed by atoms with Crippen LogP contribution < -0.4 is 5.32 Å². The number of likely N-dealkylation sites (tertiary alicyclic amines) is 1. The number of carbonyl (C=O) groups excluding carboxylic acids is 3. The number of hydrogen-bond acceptors (Lipinski definition) is 4. The molecule has 0 unspecified atom stereocenters. The van der Waals surface area contributed by atoms with Crippen molar-refractivity contribution in [1.29, 1.82) is 0 Å². The number of piperidine rings is 1. The van der Waals surface area contributed by atoms with Crippen LogP contribution >= 0.6 is 0 Å². The summed E-state index contributed by atoms with van der Waals surface area (Å²) in [5.41, 5.74) is 3.30. The third kappa shape index (κ3) is 4.41. The Labute approximate surface area is 170 Å². The smallest absolute Gasteiger partial charge is 0.270 e. The van der Waals surface area contributed by atoms with Crippen LogP contribution in [0.25, 0.3) is 0 Å². The third-order valence-corrected chi connectivity index (χ3v) is 5.63. The number of amides is 2. The molecule has 1 aliphatic heterocycles. The van der Waals surface area contributed by atoms with Crippen molar-refractivity contribution in [2.24, 2.45) is 13.0 Å². The van der Waals surface area contributed by atoms with Crippen molar-refractivity contribution in [2.75, 3.05) is 19.6 Å². The standard InChI is InChI=1S/C21H29N5O3/c1-5-17-18(14(3)27)13(2)24-19(17)21(29)26-8-6-15(7-9-26)10-22-20(28)16-11-23-25(4)12-16/h11-12,15,24H,5-10H2,1-4H3,(H,22,28). The summed E-state index contributed by atoms with van der Waals surface area (Å²) in [5, 5.41) is 6.97. The van der Waals surface area contributed by atoms with E-state index in [4.69, 9.17) is 0 Å². The molecule has 156 valence electrons. The third-order valence-electron chi connectivity index (χ3n) is 5.63. The highest BCUT2D eigenvalue weighted by Crippen LogP contribution is 2.24. The van der Waals surface area contributed by atoms with Gasteiger partial charge in [-0.3, -0.25) is 19.1 Å². The molecule has 2 amide bonds. The maximum Gasteiger partial charge on any atom is 0.270 e. The first-order chi connectivity index (χ1) is 13.8. The van der Waals surface area contributed by atoms with E-state index in [9.17, 15) is 14.4 Å². The average Bonchev–Trinajstić information content (AvgIpc) is 3.28. The Bertz CT molecular complexity index is 919. The summed E-state index contributed by atoms with van der Waals surface area (Å²) in [6, 6.07) is 0. The summed E-state index contributed by atoms with van der Waals surface area (Å²) in [6.07, 6.45) is 5.54. The minimum absolute atomic E-state index is 0.0160. The normalized spacial score (nSPS) is 14.8. The van der Waals surface area contributed by atoms with Crippen molar-refractivity contribution in [3.63, 3.8) is 0 Å². The molecule has 0 aliphatic carbocycles. The van der Waals surface area contributed by atoms with Gasteiger partial charge in [-0.15, -0.1) is 0 Å². The monoisotopic (exact) mass is 399 g/mol. The highest BCUT2D eigenvalue weighted by molar-refractivity contribution is 6.02. The highest BCUT2D eigenvalue weighted by Gasteiger charge is 2.28. The van der Waals surface area contributed by atoms with E-state index in [1.165, 1.54) is 6.92 Å². The van der Waals surface area contributed by atoms with Gasteiger partial charge in [0.1, 0.15) is 5.69 Å². The fourth-order valence-electron chi connectivity index (χ4n) is 4.07. The Hall–Kier alpha value is -2.90. The largest absolute Gasteiger partial charge is 0.354 e. The second kappa shape index (κ2) is 8.63. The Morgan fingerprint density at radius 2 is 1.97 bits per heavy atom. The zero-order chi connectivity index (χ0) is 21.1. The van der Waals surface area contributed by atoms with Gasteiger partial charge in [-0.1, -0.05) is 6.92 Å². The molecule has 2 N–H and O–H groups in total. The minimum Gasteiger partial charge on any atom is -0.354 e. The summed E-state index contributed by atoms with van der Waals surface area (Å²) in [6.45, 7) is 7.21. The van der Waals surface area contributed by atoms with E-state index in [1.807, 2.05) is 18.7 Å². The van der Waals surface area contributed by atoms with Crippen LogP contribution in [0.15, 0.2) is 12.4 Å². The number of ketones is 1. The molecule has 0 atom stereocenters. The molecule has 1 saturated heterocycles. The average molecular weight is 399 g/mol. The lowest BCUT2D eigenvalue weighted by Crippen LogP contribution is -2.42. The first-order valence-electron chi connectivity index (χ1n) is 10.1. The zero-order valence-corrected chi connectivity index (χ0v) is 17.5. The molecule has 0 radical (unpaired) electrons. The van der Waals surface area contributed by atoms with Gasteiger partial charge in [0, 0.05) is 44.1 Å². The number of aromatic amines is 1. The maximum atomic E-state index is 13.0. The number of hydrogen-bond donors (Lipinski definition) is 2. The first kappa shape index (κ1) is 20.8. The second-order valence-electron chi connectivity index (χ2n) is 7.74. The molecule has 8 heteroatoms. The number of nitrogens with one attached hydrogen (secondary N) is 2. The van der Waals surface area contributed by atoms with Gasteiger partial charge in [0.25, 0.3) is 11.8 Å². The van der Waals surface area contributed by atoms with Crippen molar-refractivity contribution in [1.82, 2.24) is 25.0 Å². The van der Waals surface area contributed by atoms with Crippen LogP contribution in [0.5, 0.6) is 0 Å². The molecular formula is C21H29N5O3. The van der Waals surface area contributed by atoms with Crippen LogP contribution in [-0.4, -0.2) is 56.9 Å². The summed E-state index contributed by atoms with van der Waals surface area (Å²) >= 11 is 0. The maximum absolute atomic E-state index is 13.0. The highest BCUT2D eigenvalue weighted by atomic mass is 16.2. The van der Waals surface area contributed by atoms with Crippen LogP contribution in [-0.2, 0) is 13.5 Å². The lowest BCUT2D eigenvalue weighted by molar-refractivity contribution is 0.0678. The Morgan fingerprint density at radius 1 is 1.28 bits per heavy atom. The Kier molecular flexibility index (Phi) is 6.20. The summed E-state index contributed by atoms with van der Waals surface area (Å²) in [5.74, 6) is 0.152. The van der Waals surface area contributed by atoms with Gasteiger partial charge >= 0.3 is 0 Å². The van der Waals surface area contributed by atoms with Crippen molar-refractivity contribution >= 4 is 17.6 Å². The summed E-state index contributed by atoms with van der Waals surface area (Å²) in [4.78, 5) is 42.1. The van der Waals surface area contributed by atoms with Crippen molar-refractivity contribution in [3.05, 3.63) is 40.5 Å². The van der Waals surface area contributed by atoms with Gasteiger partial charge in [-0.25, -0.2) is 0 Å². The van der Waals surface area contributed by atoms with Gasteiger partial charge in [0.05, 0.1) is 11.8 Å². The Morgan fingerprint density at radius 3 is 2.52 bits per heavy atom. The molecule has 1 aliphatic rings. The lowest BCUT2D eigenvalue weighted by atomic mass is 9.96. The van der Waals surface area contributed by atoms with Gasteiger partial charge in [-0.05, 0) is 44.6 Å². The topological polar surface area (TPSA) is 100 Å². The molecule has 2 aromatic heterocycles. The predicted octanol–water partition coefficient (Wildman–Crippen LogP) is 2.10. The molecule has 8 nitrogen and oxygen atoms in total. The summed E-state index contributed by atoms with van der Waals surface area (Å²) < 4.78 is 1.60. The van der Waals surface area contributed by atoms with Crippen LogP contribution in [0, 0.1) is 12.8 Å². The number of Topliss-reactive ketones (excluding diaryl/α,β-unsaturated/α-hetero) is 1. The molecule has 2 aromatic rings. The number of rotatable bonds is 6. The number of H-pyrrole nitrogens is 1. The van der Waals surface area contributed by atoms with E-state index < -0.39 is 0 Å². The van der Waals surface area contributed by atoms with Crippen LogP contribution in [0.2, 0.25) is 0 Å². The molecule has 0 aromatic carbocycles. The van der Waals surface area contributed by atoms with E-state index in [2.05, 4.69) is 15.4 Å². The van der Waals surface area contributed by atoms with Gasteiger partial charge < -0.3 is 15.2 Å². The van der Waals surface area contributed by atoms with Crippen LogP contribution in [0.3, 0.4) is 0 Å². The summed E-state index contributed by atoms with van der Waals surface area (Å²) in [7, 11) is 1.78. The molecule has 0 bridgehead atoms. The quantitative estimate of drug-likeness (QED) is 0.727. The number of aryl methyl sites for hydroxylation is 2. The second-order valence-corrected chi connectivity index (χ2v) is 7.74. The number of carbonyl (C=O) groups is 3. The van der Waals surface area contributed by atoms with Gasteiger partial charge in [0.15, 0.2) is 5.78 Å². The van der Waals surface area contributed by atoms with E-state index in [1.54, 1.807) is 24.1 Å². The van der Waals surface area contributed by atoms with Crippen LogP contribution in [0.4, 0.5) is 0 Å². The Balaban J connectivity index is 1.57.